The van der Waals surface area contributed by atoms with Crippen LogP contribution in [0.15, 0.2) is 18.2 Å². The van der Waals surface area contributed by atoms with E-state index in [2.05, 4.69) is 5.32 Å². The number of nitrogens with one attached hydrogen (secondary N) is 1. The van der Waals surface area contributed by atoms with Crippen LogP contribution in [-0.4, -0.2) is 24.2 Å². The van der Waals surface area contributed by atoms with Gasteiger partial charge in [0, 0.05) is 0 Å². The lowest BCUT2D eigenvalue weighted by Crippen LogP contribution is -2.41. The highest BCUT2D eigenvalue weighted by molar-refractivity contribution is 5.99. The largest absolute Gasteiger partial charge is 0.396 e. The molecular formula is C13H15FN2O2. The van der Waals surface area contributed by atoms with Crippen LogP contribution in [0.25, 0.3) is 0 Å². The van der Waals surface area contributed by atoms with E-state index in [0.29, 0.717) is 0 Å². The highest BCUT2D eigenvalue weighted by Crippen LogP contribution is 2.34. The molecule has 0 saturated carbocycles. The minimum absolute atomic E-state index is 0.0268. The van der Waals surface area contributed by atoms with Crippen LogP contribution < -0.4 is 11.1 Å². The highest BCUT2D eigenvalue weighted by atomic mass is 19.1. The van der Waals surface area contributed by atoms with Gasteiger partial charge in [0.1, 0.15) is 5.82 Å². The van der Waals surface area contributed by atoms with Crippen LogP contribution in [0, 0.1) is 5.82 Å². The molecule has 2 aliphatic rings. The van der Waals surface area contributed by atoms with Gasteiger partial charge in [0.2, 0.25) is 0 Å². The maximum Gasteiger partial charge on any atom is 0.253 e. The molecule has 2 saturated heterocycles. The van der Waals surface area contributed by atoms with Gasteiger partial charge in [0.05, 0.1) is 29.5 Å². The first-order chi connectivity index (χ1) is 8.65. The minimum atomic E-state index is -0.563. The lowest BCUT2D eigenvalue weighted by molar-refractivity contribution is 0.0841. The Bertz CT molecular complexity index is 492. The molecule has 3 N–H and O–H groups in total. The van der Waals surface area contributed by atoms with Crippen molar-refractivity contribution in [1.29, 1.82) is 0 Å². The van der Waals surface area contributed by atoms with Crippen LogP contribution in [0.3, 0.4) is 0 Å². The van der Waals surface area contributed by atoms with E-state index < -0.39 is 5.82 Å². The van der Waals surface area contributed by atoms with E-state index in [4.69, 9.17) is 10.5 Å². The summed E-state index contributed by atoms with van der Waals surface area (Å²) in [6.07, 6.45) is 3.26. The summed E-state index contributed by atoms with van der Waals surface area (Å²) in [6, 6.07) is 4.28. The first-order valence-electron chi connectivity index (χ1n) is 6.15. The molecule has 2 fully saturated rings. The third-order valence-corrected chi connectivity index (χ3v) is 3.72. The number of carbonyl (C=O) groups is 1. The van der Waals surface area contributed by atoms with Gasteiger partial charge in [-0.15, -0.1) is 0 Å². The summed E-state index contributed by atoms with van der Waals surface area (Å²) < 4.78 is 18.9. The SMILES string of the molecule is Nc1c(F)cccc1C(=O)NC1CC2CCC1O2. The summed E-state index contributed by atoms with van der Waals surface area (Å²) in [5.74, 6) is -0.889. The third-order valence-electron chi connectivity index (χ3n) is 3.72. The number of benzene rings is 1. The molecule has 1 aromatic carbocycles. The quantitative estimate of drug-likeness (QED) is 0.781. The van der Waals surface area contributed by atoms with Crippen LogP contribution in [0.4, 0.5) is 10.1 Å². The smallest absolute Gasteiger partial charge is 0.253 e. The third kappa shape index (κ3) is 1.84. The number of carbonyl (C=O) groups excluding carboxylic acids is 1. The van der Waals surface area contributed by atoms with Crippen molar-refractivity contribution in [1.82, 2.24) is 5.32 Å². The Morgan fingerprint density at radius 2 is 2.28 bits per heavy atom. The average molecular weight is 250 g/mol. The number of hydrogen-bond donors (Lipinski definition) is 2. The molecule has 18 heavy (non-hydrogen) atoms. The van der Waals surface area contributed by atoms with E-state index in [0.717, 1.165) is 19.3 Å². The van der Waals surface area contributed by atoms with Gasteiger partial charge in [-0.05, 0) is 31.4 Å². The number of para-hydroxylation sites is 1. The number of rotatable bonds is 2. The van der Waals surface area contributed by atoms with Crippen molar-refractivity contribution < 1.29 is 13.9 Å². The van der Waals surface area contributed by atoms with Gasteiger partial charge >= 0.3 is 0 Å². The van der Waals surface area contributed by atoms with E-state index in [1.807, 2.05) is 0 Å². The van der Waals surface area contributed by atoms with Crippen LogP contribution in [0.2, 0.25) is 0 Å². The van der Waals surface area contributed by atoms with Crippen LogP contribution >= 0.6 is 0 Å². The molecule has 3 unspecified atom stereocenters. The van der Waals surface area contributed by atoms with Gasteiger partial charge in [0.25, 0.3) is 5.91 Å². The molecule has 3 atom stereocenters. The van der Waals surface area contributed by atoms with Crippen molar-refractivity contribution in [3.63, 3.8) is 0 Å². The van der Waals surface area contributed by atoms with Crippen molar-refractivity contribution in [2.75, 3.05) is 5.73 Å². The normalized spacial score (nSPS) is 29.5. The fourth-order valence-electron chi connectivity index (χ4n) is 2.77. The Morgan fingerprint density at radius 1 is 1.44 bits per heavy atom. The number of nitrogen functional groups attached to an aromatic ring is 1. The van der Waals surface area contributed by atoms with E-state index in [1.165, 1.54) is 18.2 Å². The molecule has 4 nitrogen and oxygen atoms in total. The molecule has 2 aliphatic heterocycles. The summed E-state index contributed by atoms with van der Waals surface area (Å²) in [4.78, 5) is 12.0. The molecule has 0 aliphatic carbocycles. The van der Waals surface area contributed by atoms with Gasteiger partial charge in [-0.2, -0.15) is 0 Å². The minimum Gasteiger partial charge on any atom is -0.396 e. The fraction of sp³-hybridized carbons (Fsp3) is 0.462. The number of amides is 1. The van der Waals surface area contributed by atoms with Crippen molar-refractivity contribution in [3.05, 3.63) is 29.6 Å². The van der Waals surface area contributed by atoms with Gasteiger partial charge in [0.15, 0.2) is 0 Å². The van der Waals surface area contributed by atoms with E-state index in [9.17, 15) is 9.18 Å². The summed E-state index contributed by atoms with van der Waals surface area (Å²) in [5.41, 5.74) is 5.66. The zero-order valence-electron chi connectivity index (χ0n) is 9.86. The van der Waals surface area contributed by atoms with Crippen molar-refractivity contribution in [3.8, 4) is 0 Å². The zero-order chi connectivity index (χ0) is 12.7. The molecule has 3 rings (SSSR count). The van der Waals surface area contributed by atoms with Gasteiger partial charge < -0.3 is 15.8 Å². The molecule has 1 aromatic rings. The summed E-state index contributed by atoms with van der Waals surface area (Å²) in [6.45, 7) is 0. The predicted molar refractivity (Wildman–Crippen MR) is 64.6 cm³/mol. The second-order valence-corrected chi connectivity index (χ2v) is 4.89. The second-order valence-electron chi connectivity index (χ2n) is 4.89. The lowest BCUT2D eigenvalue weighted by atomic mass is 9.95. The Morgan fingerprint density at radius 3 is 2.94 bits per heavy atom. The topological polar surface area (TPSA) is 64.4 Å². The molecule has 1 amide bonds. The Labute approximate surface area is 104 Å². The van der Waals surface area contributed by atoms with E-state index >= 15 is 0 Å². The van der Waals surface area contributed by atoms with Gasteiger partial charge in [-0.3, -0.25) is 4.79 Å². The number of nitrogens with two attached hydrogens (primary N) is 1. The highest BCUT2D eigenvalue weighted by Gasteiger charge is 2.41. The Kier molecular flexibility index (Phi) is 2.70. The monoisotopic (exact) mass is 250 g/mol. The number of anilines is 1. The second kappa shape index (κ2) is 4.24. The zero-order valence-corrected chi connectivity index (χ0v) is 9.86. The maximum atomic E-state index is 13.3. The molecule has 2 bridgehead atoms. The number of fused-ring (bicyclic) bond motifs is 2. The van der Waals surface area contributed by atoms with Crippen molar-refractivity contribution in [2.45, 2.75) is 37.5 Å². The summed E-state index contributed by atoms with van der Waals surface area (Å²) in [7, 11) is 0. The first kappa shape index (κ1) is 11.5. The van der Waals surface area contributed by atoms with E-state index in [-0.39, 0.29) is 35.4 Å². The number of hydrogen-bond acceptors (Lipinski definition) is 3. The molecule has 5 heteroatoms. The lowest BCUT2D eigenvalue weighted by Gasteiger charge is -2.20. The first-order valence-corrected chi connectivity index (χ1v) is 6.15. The number of halogens is 1. The molecule has 0 spiro atoms. The molecule has 2 heterocycles. The standard InChI is InChI=1S/C13H15FN2O2/c14-9-3-1-2-8(12(9)15)13(17)16-10-6-7-4-5-11(10)18-7/h1-3,7,10-11H,4-6,15H2,(H,16,17). The van der Waals surface area contributed by atoms with E-state index in [1.54, 1.807) is 0 Å². The maximum absolute atomic E-state index is 13.3. The van der Waals surface area contributed by atoms with Crippen LogP contribution in [0.5, 0.6) is 0 Å². The average Bonchev–Trinajstić information content (AvgIpc) is 2.94. The fourth-order valence-corrected chi connectivity index (χ4v) is 2.77. The van der Waals surface area contributed by atoms with Crippen molar-refractivity contribution in [2.24, 2.45) is 0 Å². The Balaban J connectivity index is 1.73. The van der Waals surface area contributed by atoms with Gasteiger partial charge in [-0.25, -0.2) is 4.39 Å². The van der Waals surface area contributed by atoms with Crippen LogP contribution in [0.1, 0.15) is 29.6 Å². The summed E-state index contributed by atoms with van der Waals surface area (Å²) in [5, 5.41) is 2.88. The molecule has 96 valence electrons. The van der Waals surface area contributed by atoms with Gasteiger partial charge in [-0.1, -0.05) is 6.07 Å². The molecular weight excluding hydrogens is 235 g/mol. The molecule has 0 aromatic heterocycles. The molecule has 0 radical (unpaired) electrons. The van der Waals surface area contributed by atoms with Crippen LogP contribution in [-0.2, 0) is 4.74 Å². The van der Waals surface area contributed by atoms with Crippen molar-refractivity contribution >= 4 is 11.6 Å². The predicted octanol–water partition coefficient (Wildman–Crippen LogP) is 1.46. The Hall–Kier alpha value is -1.62. The summed E-state index contributed by atoms with van der Waals surface area (Å²) >= 11 is 0. The number of ether oxygens (including phenoxy) is 1.